The van der Waals surface area contributed by atoms with Gasteiger partial charge in [-0.2, -0.15) is 5.10 Å². The number of aromatic nitrogens is 3. The lowest BCUT2D eigenvalue weighted by Crippen LogP contribution is -2.24. The maximum atomic E-state index is 12.8. The SMILES string of the molecule is COc1cn(-c2ccccc2)nc1C(=O)O[C@@H](C)C(=O)c1c[nH]c2ccccc12. The number of hydrogen-bond acceptors (Lipinski definition) is 5. The Labute approximate surface area is 166 Å². The lowest BCUT2D eigenvalue weighted by Gasteiger charge is -2.11. The Balaban J connectivity index is 1.56. The van der Waals surface area contributed by atoms with E-state index in [-0.39, 0.29) is 17.2 Å². The van der Waals surface area contributed by atoms with Crippen LogP contribution in [0.2, 0.25) is 0 Å². The number of benzene rings is 2. The summed E-state index contributed by atoms with van der Waals surface area (Å²) in [5.41, 5.74) is 2.10. The molecule has 2 aromatic carbocycles. The van der Waals surface area contributed by atoms with Gasteiger partial charge in [-0.25, -0.2) is 9.48 Å². The first-order valence-electron chi connectivity index (χ1n) is 9.09. The molecule has 0 bridgehead atoms. The van der Waals surface area contributed by atoms with Gasteiger partial charge in [-0.1, -0.05) is 36.4 Å². The highest BCUT2D eigenvalue weighted by Gasteiger charge is 2.26. The molecule has 1 N–H and O–H groups in total. The Kier molecular flexibility index (Phi) is 4.87. The molecule has 0 fully saturated rings. The van der Waals surface area contributed by atoms with Gasteiger partial charge in [-0.15, -0.1) is 0 Å². The largest absolute Gasteiger partial charge is 0.493 e. The summed E-state index contributed by atoms with van der Waals surface area (Å²) in [4.78, 5) is 28.5. The van der Waals surface area contributed by atoms with Gasteiger partial charge in [0.05, 0.1) is 19.0 Å². The van der Waals surface area contributed by atoms with E-state index in [1.54, 1.807) is 19.3 Å². The number of ketones is 1. The van der Waals surface area contributed by atoms with Crippen LogP contribution in [0, 0.1) is 0 Å². The first-order valence-corrected chi connectivity index (χ1v) is 9.09. The van der Waals surface area contributed by atoms with Crippen LogP contribution in [-0.4, -0.2) is 39.7 Å². The Morgan fingerprint density at radius 2 is 1.79 bits per heavy atom. The number of ether oxygens (including phenoxy) is 2. The van der Waals surface area contributed by atoms with E-state index in [9.17, 15) is 9.59 Å². The van der Waals surface area contributed by atoms with Gasteiger partial charge in [-0.3, -0.25) is 4.79 Å². The van der Waals surface area contributed by atoms with E-state index in [2.05, 4.69) is 10.1 Å². The van der Waals surface area contributed by atoms with Crippen molar-refractivity contribution in [2.24, 2.45) is 0 Å². The average molecular weight is 389 g/mol. The Hall–Kier alpha value is -3.87. The molecule has 2 aromatic heterocycles. The number of methoxy groups -OCH3 is 1. The zero-order valence-electron chi connectivity index (χ0n) is 16.0. The minimum atomic E-state index is -0.978. The van der Waals surface area contributed by atoms with Crippen LogP contribution in [0.15, 0.2) is 67.0 Å². The van der Waals surface area contributed by atoms with Gasteiger partial charge in [0.15, 0.2) is 11.9 Å². The van der Waals surface area contributed by atoms with Crippen LogP contribution in [0.4, 0.5) is 0 Å². The molecule has 0 aliphatic carbocycles. The minimum absolute atomic E-state index is 0.00919. The van der Waals surface area contributed by atoms with Crippen LogP contribution >= 0.6 is 0 Å². The first kappa shape index (κ1) is 18.5. The standard InChI is InChI=1S/C22H19N3O4/c1-14(21(26)17-12-23-18-11-7-6-10-16(17)18)29-22(27)20-19(28-2)13-25(24-20)15-8-4-3-5-9-15/h3-14,23H,1-2H3/t14-/m0/s1. The number of nitrogens with zero attached hydrogens (tertiary/aromatic N) is 2. The highest BCUT2D eigenvalue weighted by molar-refractivity contribution is 6.10. The summed E-state index contributed by atoms with van der Waals surface area (Å²) in [6.45, 7) is 1.54. The van der Waals surface area contributed by atoms with Crippen molar-refractivity contribution in [3.05, 3.63) is 78.2 Å². The maximum Gasteiger partial charge on any atom is 0.363 e. The summed E-state index contributed by atoms with van der Waals surface area (Å²) in [7, 11) is 1.45. The number of aromatic amines is 1. The van der Waals surface area contributed by atoms with Crippen LogP contribution in [0.3, 0.4) is 0 Å². The van der Waals surface area contributed by atoms with E-state index in [0.717, 1.165) is 16.6 Å². The van der Waals surface area contributed by atoms with Crippen molar-refractivity contribution in [3.63, 3.8) is 0 Å². The van der Waals surface area contributed by atoms with E-state index in [4.69, 9.17) is 9.47 Å². The molecule has 29 heavy (non-hydrogen) atoms. The number of H-pyrrole nitrogens is 1. The smallest absolute Gasteiger partial charge is 0.363 e. The Morgan fingerprint density at radius 3 is 2.55 bits per heavy atom. The number of fused-ring (bicyclic) bond motifs is 1. The molecular weight excluding hydrogens is 370 g/mol. The van der Waals surface area contributed by atoms with Crippen LogP contribution in [0.5, 0.6) is 5.75 Å². The number of Topliss-reactive ketones (excluding diaryl/α,β-unsaturated/α-hetero) is 1. The van der Waals surface area contributed by atoms with Crippen molar-refractivity contribution < 1.29 is 19.1 Å². The van der Waals surface area contributed by atoms with Crippen LogP contribution in [-0.2, 0) is 4.74 Å². The number of para-hydroxylation sites is 2. The third-order valence-corrected chi connectivity index (χ3v) is 4.62. The minimum Gasteiger partial charge on any atom is -0.493 e. The fourth-order valence-corrected chi connectivity index (χ4v) is 3.13. The third kappa shape index (κ3) is 3.50. The molecule has 146 valence electrons. The van der Waals surface area contributed by atoms with Gasteiger partial charge in [-0.05, 0) is 25.1 Å². The second kappa shape index (κ2) is 7.63. The normalized spacial score (nSPS) is 11.9. The number of nitrogens with one attached hydrogen (secondary N) is 1. The topological polar surface area (TPSA) is 86.2 Å². The van der Waals surface area contributed by atoms with E-state index in [0.29, 0.717) is 5.56 Å². The molecule has 7 nitrogen and oxygen atoms in total. The van der Waals surface area contributed by atoms with E-state index >= 15 is 0 Å². The van der Waals surface area contributed by atoms with Gasteiger partial charge < -0.3 is 14.5 Å². The summed E-state index contributed by atoms with van der Waals surface area (Å²) < 4.78 is 12.2. The fourth-order valence-electron chi connectivity index (χ4n) is 3.13. The molecular formula is C22H19N3O4. The van der Waals surface area contributed by atoms with Gasteiger partial charge in [0, 0.05) is 22.7 Å². The maximum absolute atomic E-state index is 12.8. The predicted octanol–water partition coefficient (Wildman–Crippen LogP) is 3.79. The fraction of sp³-hybridized carbons (Fsp3) is 0.136. The monoisotopic (exact) mass is 389 g/mol. The summed E-state index contributed by atoms with van der Waals surface area (Å²) in [6, 6.07) is 16.8. The molecule has 0 radical (unpaired) electrons. The molecule has 4 rings (SSSR count). The molecule has 0 aliphatic rings. The molecule has 4 aromatic rings. The van der Waals surface area contributed by atoms with Crippen molar-refractivity contribution in [3.8, 4) is 11.4 Å². The van der Waals surface area contributed by atoms with Gasteiger partial charge in [0.1, 0.15) is 0 Å². The molecule has 7 heteroatoms. The Bertz CT molecular complexity index is 1180. The number of rotatable bonds is 6. The van der Waals surface area contributed by atoms with E-state index < -0.39 is 12.1 Å². The first-order chi connectivity index (χ1) is 14.1. The molecule has 0 spiro atoms. The summed E-state index contributed by atoms with van der Waals surface area (Å²) in [5, 5.41) is 5.06. The van der Waals surface area contributed by atoms with Crippen molar-refractivity contribution in [1.82, 2.24) is 14.8 Å². The van der Waals surface area contributed by atoms with Crippen LogP contribution < -0.4 is 4.74 Å². The van der Waals surface area contributed by atoms with Crippen molar-refractivity contribution in [2.75, 3.05) is 7.11 Å². The number of carbonyl (C=O) groups excluding carboxylic acids is 2. The molecule has 1 atom stereocenters. The van der Waals surface area contributed by atoms with Gasteiger partial charge in [0.25, 0.3) is 0 Å². The van der Waals surface area contributed by atoms with E-state index in [1.807, 2.05) is 54.6 Å². The summed E-state index contributed by atoms with van der Waals surface area (Å²) in [6.07, 6.45) is 2.24. The van der Waals surface area contributed by atoms with Crippen LogP contribution in [0.25, 0.3) is 16.6 Å². The Morgan fingerprint density at radius 1 is 1.07 bits per heavy atom. The quantitative estimate of drug-likeness (QED) is 0.400. The molecule has 0 unspecified atom stereocenters. The average Bonchev–Trinajstić information content (AvgIpc) is 3.38. The lowest BCUT2D eigenvalue weighted by molar-refractivity contribution is 0.0310. The number of esters is 1. The number of carbonyl (C=O) groups is 2. The highest BCUT2D eigenvalue weighted by Crippen LogP contribution is 2.23. The summed E-state index contributed by atoms with van der Waals surface area (Å²) >= 11 is 0. The second-order valence-corrected chi connectivity index (χ2v) is 6.49. The molecule has 0 saturated carbocycles. The highest BCUT2D eigenvalue weighted by atomic mass is 16.5. The van der Waals surface area contributed by atoms with Gasteiger partial charge in [0.2, 0.25) is 11.5 Å². The molecule has 0 aliphatic heterocycles. The predicted molar refractivity (Wildman–Crippen MR) is 108 cm³/mol. The summed E-state index contributed by atoms with van der Waals surface area (Å²) in [5.74, 6) is -0.750. The van der Waals surface area contributed by atoms with Gasteiger partial charge >= 0.3 is 5.97 Å². The molecule has 0 amide bonds. The third-order valence-electron chi connectivity index (χ3n) is 4.62. The second-order valence-electron chi connectivity index (χ2n) is 6.49. The lowest BCUT2D eigenvalue weighted by atomic mass is 10.1. The van der Waals surface area contributed by atoms with Crippen molar-refractivity contribution in [2.45, 2.75) is 13.0 Å². The van der Waals surface area contributed by atoms with Crippen LogP contribution in [0.1, 0.15) is 27.8 Å². The molecule has 0 saturated heterocycles. The number of hydrogen-bond donors (Lipinski definition) is 1. The molecule has 2 heterocycles. The zero-order chi connectivity index (χ0) is 20.4. The van der Waals surface area contributed by atoms with E-state index in [1.165, 1.54) is 11.8 Å². The van der Waals surface area contributed by atoms with Crippen molar-refractivity contribution >= 4 is 22.7 Å². The van der Waals surface area contributed by atoms with Crippen molar-refractivity contribution in [1.29, 1.82) is 0 Å². The zero-order valence-corrected chi connectivity index (χ0v) is 16.0.